The quantitative estimate of drug-likeness (QED) is 0.512. The van der Waals surface area contributed by atoms with Crippen LogP contribution in [0, 0.1) is 5.92 Å². The van der Waals surface area contributed by atoms with Crippen molar-refractivity contribution < 1.29 is 23.9 Å². The lowest BCUT2D eigenvalue weighted by atomic mass is 10.0. The smallest absolute Gasteiger partial charge is 0.329 e. The SMILES string of the molecule is COCCNC(=O)[C@@H](C)OC(=O)[C@H](NC(=O)c1cccs1)C(C)C. The van der Waals surface area contributed by atoms with Gasteiger partial charge in [-0.3, -0.25) is 9.59 Å². The molecular weight excluding hydrogens is 332 g/mol. The number of rotatable bonds is 9. The van der Waals surface area contributed by atoms with Crippen molar-refractivity contribution in [1.29, 1.82) is 0 Å². The molecule has 0 spiro atoms. The van der Waals surface area contributed by atoms with Crippen LogP contribution in [0.5, 0.6) is 0 Å². The lowest BCUT2D eigenvalue weighted by Crippen LogP contribution is -2.47. The predicted molar refractivity (Wildman–Crippen MR) is 90.9 cm³/mol. The summed E-state index contributed by atoms with van der Waals surface area (Å²) < 4.78 is 10.0. The molecule has 0 radical (unpaired) electrons. The van der Waals surface area contributed by atoms with E-state index in [9.17, 15) is 14.4 Å². The third-order valence-electron chi connectivity index (χ3n) is 3.22. The van der Waals surface area contributed by atoms with Gasteiger partial charge >= 0.3 is 5.97 Å². The molecule has 0 unspecified atom stereocenters. The van der Waals surface area contributed by atoms with Crippen LogP contribution in [0.4, 0.5) is 0 Å². The number of carbonyl (C=O) groups excluding carboxylic acids is 3. The predicted octanol–water partition coefficient (Wildman–Crippen LogP) is 1.20. The first-order valence-electron chi connectivity index (χ1n) is 7.68. The Balaban J connectivity index is 2.60. The van der Waals surface area contributed by atoms with Crippen molar-refractivity contribution in [2.45, 2.75) is 32.9 Å². The maximum atomic E-state index is 12.3. The number of nitrogens with one attached hydrogen (secondary N) is 2. The zero-order chi connectivity index (χ0) is 18.1. The molecule has 0 bridgehead atoms. The number of amides is 2. The fraction of sp³-hybridized carbons (Fsp3) is 0.562. The second-order valence-electron chi connectivity index (χ2n) is 5.54. The van der Waals surface area contributed by atoms with Gasteiger partial charge in [-0.05, 0) is 24.3 Å². The number of hydrogen-bond acceptors (Lipinski definition) is 6. The minimum Gasteiger partial charge on any atom is -0.451 e. The average molecular weight is 356 g/mol. The molecule has 0 aliphatic carbocycles. The fourth-order valence-electron chi connectivity index (χ4n) is 1.84. The van der Waals surface area contributed by atoms with Crippen molar-refractivity contribution in [2.24, 2.45) is 5.92 Å². The summed E-state index contributed by atoms with van der Waals surface area (Å²) in [7, 11) is 1.53. The number of carbonyl (C=O) groups is 3. The molecule has 7 nitrogen and oxygen atoms in total. The first-order valence-corrected chi connectivity index (χ1v) is 8.56. The van der Waals surface area contributed by atoms with Gasteiger partial charge in [0.2, 0.25) is 0 Å². The third-order valence-corrected chi connectivity index (χ3v) is 4.09. The lowest BCUT2D eigenvalue weighted by Gasteiger charge is -2.22. The minimum absolute atomic E-state index is 0.176. The largest absolute Gasteiger partial charge is 0.451 e. The normalized spacial score (nSPS) is 13.2. The van der Waals surface area contributed by atoms with Crippen LogP contribution in [0.3, 0.4) is 0 Å². The molecule has 0 aromatic carbocycles. The summed E-state index contributed by atoms with van der Waals surface area (Å²) in [6.45, 7) is 5.78. The highest BCUT2D eigenvalue weighted by Gasteiger charge is 2.29. The van der Waals surface area contributed by atoms with Gasteiger partial charge in [0, 0.05) is 13.7 Å². The molecule has 0 saturated heterocycles. The zero-order valence-corrected chi connectivity index (χ0v) is 15.1. The molecule has 0 aliphatic rings. The average Bonchev–Trinajstić information content (AvgIpc) is 3.06. The highest BCUT2D eigenvalue weighted by Crippen LogP contribution is 2.11. The van der Waals surface area contributed by atoms with Gasteiger partial charge in [-0.1, -0.05) is 19.9 Å². The number of hydrogen-bond donors (Lipinski definition) is 2. The maximum absolute atomic E-state index is 12.3. The van der Waals surface area contributed by atoms with Crippen molar-refractivity contribution in [3.05, 3.63) is 22.4 Å². The molecule has 2 N–H and O–H groups in total. The highest BCUT2D eigenvalue weighted by atomic mass is 32.1. The van der Waals surface area contributed by atoms with Gasteiger partial charge in [-0.15, -0.1) is 11.3 Å². The van der Waals surface area contributed by atoms with Gasteiger partial charge in [0.15, 0.2) is 6.10 Å². The summed E-state index contributed by atoms with van der Waals surface area (Å²) in [5, 5.41) is 7.04. The van der Waals surface area contributed by atoms with Crippen molar-refractivity contribution in [3.63, 3.8) is 0 Å². The number of thiophene rings is 1. The van der Waals surface area contributed by atoms with E-state index in [1.807, 2.05) is 0 Å². The molecule has 24 heavy (non-hydrogen) atoms. The molecule has 134 valence electrons. The summed E-state index contributed by atoms with van der Waals surface area (Å²) in [5.74, 6) is -1.56. The van der Waals surface area contributed by atoms with Gasteiger partial charge in [0.1, 0.15) is 6.04 Å². The topological polar surface area (TPSA) is 93.7 Å². The third kappa shape index (κ3) is 6.29. The van der Waals surface area contributed by atoms with Crippen molar-refractivity contribution >= 4 is 29.1 Å². The summed E-state index contributed by atoms with van der Waals surface area (Å²) in [4.78, 5) is 36.8. The molecule has 1 aromatic heterocycles. The van der Waals surface area contributed by atoms with E-state index < -0.39 is 24.0 Å². The van der Waals surface area contributed by atoms with Crippen LogP contribution in [0.2, 0.25) is 0 Å². The second-order valence-corrected chi connectivity index (χ2v) is 6.48. The Labute approximate surface area is 145 Å². The van der Waals surface area contributed by atoms with Crippen LogP contribution in [-0.2, 0) is 19.1 Å². The Morgan fingerprint density at radius 2 is 1.96 bits per heavy atom. The molecular formula is C16H24N2O5S. The Morgan fingerprint density at radius 1 is 1.25 bits per heavy atom. The van der Waals surface area contributed by atoms with Crippen molar-refractivity contribution in [3.8, 4) is 0 Å². The Morgan fingerprint density at radius 3 is 2.50 bits per heavy atom. The molecule has 1 aromatic rings. The van der Waals surface area contributed by atoms with E-state index in [0.29, 0.717) is 18.0 Å². The molecule has 0 aliphatic heterocycles. The van der Waals surface area contributed by atoms with Crippen LogP contribution in [0.1, 0.15) is 30.4 Å². The summed E-state index contributed by atoms with van der Waals surface area (Å²) in [6.07, 6.45) is -0.950. The Kier molecular flexibility index (Phi) is 8.42. The molecule has 2 atom stereocenters. The van der Waals surface area contributed by atoms with E-state index in [0.717, 1.165) is 0 Å². The van der Waals surface area contributed by atoms with E-state index in [4.69, 9.17) is 9.47 Å². The van der Waals surface area contributed by atoms with Gasteiger partial charge in [0.05, 0.1) is 11.5 Å². The Hall–Kier alpha value is -1.93. The van der Waals surface area contributed by atoms with E-state index >= 15 is 0 Å². The van der Waals surface area contributed by atoms with Crippen LogP contribution in [0.25, 0.3) is 0 Å². The number of esters is 1. The van der Waals surface area contributed by atoms with Gasteiger partial charge in [-0.25, -0.2) is 4.79 Å². The summed E-state index contributed by atoms with van der Waals surface area (Å²) >= 11 is 1.29. The van der Waals surface area contributed by atoms with Crippen molar-refractivity contribution in [2.75, 3.05) is 20.3 Å². The Bertz CT molecular complexity index is 545. The standard InChI is InChI=1S/C16H24N2O5S/c1-10(2)13(18-15(20)12-6-5-9-24-12)16(21)23-11(3)14(19)17-7-8-22-4/h5-6,9-11,13H,7-8H2,1-4H3,(H,17,19)(H,18,20)/t11-,13-/m1/s1. The summed E-state index contributed by atoms with van der Waals surface area (Å²) in [6, 6.07) is 2.61. The van der Waals surface area contributed by atoms with Crippen LogP contribution in [0.15, 0.2) is 17.5 Å². The minimum atomic E-state index is -0.950. The van der Waals surface area contributed by atoms with E-state index in [2.05, 4.69) is 10.6 Å². The zero-order valence-electron chi connectivity index (χ0n) is 14.3. The lowest BCUT2D eigenvalue weighted by molar-refractivity contribution is -0.157. The van der Waals surface area contributed by atoms with E-state index in [-0.39, 0.29) is 11.8 Å². The molecule has 2 amide bonds. The van der Waals surface area contributed by atoms with E-state index in [1.165, 1.54) is 25.4 Å². The van der Waals surface area contributed by atoms with Crippen LogP contribution < -0.4 is 10.6 Å². The maximum Gasteiger partial charge on any atom is 0.329 e. The van der Waals surface area contributed by atoms with Gasteiger partial charge in [0.25, 0.3) is 11.8 Å². The first-order chi connectivity index (χ1) is 11.4. The van der Waals surface area contributed by atoms with Gasteiger partial charge < -0.3 is 20.1 Å². The second kappa shape index (κ2) is 10.0. The molecule has 0 fully saturated rings. The fourth-order valence-corrected chi connectivity index (χ4v) is 2.47. The molecule has 0 saturated carbocycles. The highest BCUT2D eigenvalue weighted by molar-refractivity contribution is 7.12. The first kappa shape index (κ1) is 20.1. The van der Waals surface area contributed by atoms with Crippen LogP contribution in [-0.4, -0.2) is 50.2 Å². The van der Waals surface area contributed by atoms with Gasteiger partial charge in [-0.2, -0.15) is 0 Å². The number of methoxy groups -OCH3 is 1. The van der Waals surface area contributed by atoms with Crippen molar-refractivity contribution in [1.82, 2.24) is 10.6 Å². The van der Waals surface area contributed by atoms with Crippen LogP contribution >= 0.6 is 11.3 Å². The number of ether oxygens (including phenoxy) is 2. The summed E-state index contributed by atoms with van der Waals surface area (Å²) in [5.41, 5.74) is 0. The monoisotopic (exact) mass is 356 g/mol. The molecule has 1 rings (SSSR count). The molecule has 8 heteroatoms. The molecule has 1 heterocycles. The van der Waals surface area contributed by atoms with E-state index in [1.54, 1.807) is 31.4 Å².